The van der Waals surface area contributed by atoms with Gasteiger partial charge in [-0.05, 0) is 52.7 Å². The third-order valence-electron chi connectivity index (χ3n) is 6.28. The Morgan fingerprint density at radius 3 is 2.35 bits per heavy atom. The molecule has 1 unspecified atom stereocenters. The Morgan fingerprint density at radius 2 is 1.53 bits per heavy atom. The first-order chi connectivity index (χ1) is 16.7. The fourth-order valence-electron chi connectivity index (χ4n) is 4.43. The molecule has 0 spiro atoms. The molecule has 0 N–H and O–H groups in total. The van der Waals surface area contributed by atoms with E-state index >= 15 is 0 Å². The second kappa shape index (κ2) is 9.48. The summed E-state index contributed by atoms with van der Waals surface area (Å²) < 4.78 is 19.1. The molecule has 0 aliphatic carbocycles. The van der Waals surface area contributed by atoms with E-state index in [1.165, 1.54) is 10.9 Å². The number of benzene rings is 4. The summed E-state index contributed by atoms with van der Waals surface area (Å²) in [5.41, 5.74) is 3.32. The van der Waals surface area contributed by atoms with Crippen LogP contribution >= 0.6 is 0 Å². The minimum Gasteiger partial charge on any atom is -0.497 e. The number of fused-ring (bicyclic) bond motifs is 2. The molecule has 1 heterocycles. The van der Waals surface area contributed by atoms with E-state index < -0.39 is 0 Å². The molecule has 0 saturated heterocycles. The number of ether oxygens (including phenoxy) is 3. The molecular weight excluding hydrogens is 424 g/mol. The Labute approximate surface area is 199 Å². The molecule has 4 aromatic carbocycles. The van der Waals surface area contributed by atoms with E-state index in [4.69, 9.17) is 19.2 Å². The van der Waals surface area contributed by atoms with E-state index in [1.54, 1.807) is 14.2 Å². The van der Waals surface area contributed by atoms with Gasteiger partial charge in [-0.1, -0.05) is 55.5 Å². The maximum atomic E-state index is 6.08. The van der Waals surface area contributed by atoms with Crippen LogP contribution in [-0.2, 0) is 6.54 Å². The van der Waals surface area contributed by atoms with Crippen molar-refractivity contribution in [3.63, 3.8) is 0 Å². The molecule has 0 aliphatic rings. The molecule has 0 aliphatic heterocycles. The molecule has 0 fully saturated rings. The third-order valence-corrected chi connectivity index (χ3v) is 6.28. The van der Waals surface area contributed by atoms with Gasteiger partial charge in [-0.15, -0.1) is 0 Å². The summed E-state index contributed by atoms with van der Waals surface area (Å²) in [6.45, 7) is 3.41. The van der Waals surface area contributed by atoms with Gasteiger partial charge in [0.2, 0.25) is 0 Å². The zero-order chi connectivity index (χ0) is 23.5. The minimum atomic E-state index is 0.116. The Hall–Kier alpha value is -3.99. The standard InChI is InChI=1S/C29H28N2O3/c1-20(21-12-13-23-19-24(32-2)15-14-22(23)18-21)29-30-25-8-4-5-9-26(25)31(29)16-17-34-28-11-7-6-10-27(28)33-3/h4-15,18-20H,16-17H2,1-3H3. The smallest absolute Gasteiger partial charge is 0.161 e. The van der Waals surface area contributed by atoms with E-state index in [2.05, 4.69) is 60.0 Å². The van der Waals surface area contributed by atoms with Crippen molar-refractivity contribution in [3.8, 4) is 17.2 Å². The molecule has 0 radical (unpaired) electrons. The molecule has 0 saturated carbocycles. The van der Waals surface area contributed by atoms with Crippen molar-refractivity contribution >= 4 is 21.8 Å². The van der Waals surface area contributed by atoms with Gasteiger partial charge in [0.25, 0.3) is 0 Å². The highest BCUT2D eigenvalue weighted by Gasteiger charge is 2.19. The SMILES string of the molecule is COc1ccc2cc(C(C)c3nc4ccccc4n3CCOc3ccccc3OC)ccc2c1. The molecule has 5 heteroatoms. The van der Waals surface area contributed by atoms with Gasteiger partial charge in [0.15, 0.2) is 11.5 Å². The van der Waals surface area contributed by atoms with Crippen LogP contribution < -0.4 is 14.2 Å². The molecule has 1 atom stereocenters. The largest absolute Gasteiger partial charge is 0.497 e. The van der Waals surface area contributed by atoms with Gasteiger partial charge >= 0.3 is 0 Å². The average Bonchev–Trinajstić information content (AvgIpc) is 3.26. The lowest BCUT2D eigenvalue weighted by Crippen LogP contribution is -2.14. The zero-order valence-corrected chi connectivity index (χ0v) is 19.7. The highest BCUT2D eigenvalue weighted by atomic mass is 16.5. The van der Waals surface area contributed by atoms with Gasteiger partial charge in [-0.25, -0.2) is 4.98 Å². The maximum absolute atomic E-state index is 6.08. The molecular formula is C29H28N2O3. The second-order valence-electron chi connectivity index (χ2n) is 8.30. The van der Waals surface area contributed by atoms with E-state index in [-0.39, 0.29) is 5.92 Å². The number of aromatic nitrogens is 2. The topological polar surface area (TPSA) is 45.5 Å². The molecule has 172 valence electrons. The van der Waals surface area contributed by atoms with Crippen LogP contribution in [0.25, 0.3) is 21.8 Å². The van der Waals surface area contributed by atoms with Crippen molar-refractivity contribution in [1.29, 1.82) is 0 Å². The first-order valence-electron chi connectivity index (χ1n) is 11.5. The van der Waals surface area contributed by atoms with E-state index in [0.717, 1.165) is 39.5 Å². The van der Waals surface area contributed by atoms with Crippen molar-refractivity contribution in [2.45, 2.75) is 19.4 Å². The Morgan fingerprint density at radius 1 is 0.794 bits per heavy atom. The molecule has 5 nitrogen and oxygen atoms in total. The van der Waals surface area contributed by atoms with E-state index in [1.807, 2.05) is 36.4 Å². The number of para-hydroxylation sites is 4. The maximum Gasteiger partial charge on any atom is 0.161 e. The molecule has 34 heavy (non-hydrogen) atoms. The third kappa shape index (κ3) is 4.17. The lowest BCUT2D eigenvalue weighted by molar-refractivity contribution is 0.279. The summed E-state index contributed by atoms with van der Waals surface area (Å²) in [6, 6.07) is 28.7. The van der Waals surface area contributed by atoms with Gasteiger partial charge in [0, 0.05) is 5.92 Å². The van der Waals surface area contributed by atoms with Gasteiger partial charge in [0.05, 0.1) is 31.8 Å². The minimum absolute atomic E-state index is 0.116. The van der Waals surface area contributed by atoms with Gasteiger partial charge < -0.3 is 18.8 Å². The first kappa shape index (κ1) is 21.8. The van der Waals surface area contributed by atoms with Gasteiger partial charge in [-0.2, -0.15) is 0 Å². The van der Waals surface area contributed by atoms with Crippen LogP contribution in [0.1, 0.15) is 24.2 Å². The average molecular weight is 453 g/mol. The van der Waals surface area contributed by atoms with Gasteiger partial charge in [0.1, 0.15) is 18.2 Å². The Kier molecular flexibility index (Phi) is 6.09. The summed E-state index contributed by atoms with van der Waals surface area (Å²) >= 11 is 0. The predicted molar refractivity (Wildman–Crippen MR) is 136 cm³/mol. The highest BCUT2D eigenvalue weighted by molar-refractivity contribution is 5.85. The quantitative estimate of drug-likeness (QED) is 0.272. The summed E-state index contributed by atoms with van der Waals surface area (Å²) in [6.07, 6.45) is 0. The molecule has 0 bridgehead atoms. The highest BCUT2D eigenvalue weighted by Crippen LogP contribution is 2.31. The molecule has 5 rings (SSSR count). The molecule has 0 amide bonds. The summed E-state index contributed by atoms with van der Waals surface area (Å²) in [5.74, 6) is 3.49. The van der Waals surface area contributed by atoms with Crippen LogP contribution in [0.4, 0.5) is 0 Å². The second-order valence-corrected chi connectivity index (χ2v) is 8.30. The number of nitrogens with zero attached hydrogens (tertiary/aromatic N) is 2. The van der Waals surface area contributed by atoms with Crippen LogP contribution in [0.5, 0.6) is 17.2 Å². The summed E-state index contributed by atoms with van der Waals surface area (Å²) in [7, 11) is 3.35. The van der Waals surface area contributed by atoms with Crippen molar-refractivity contribution in [1.82, 2.24) is 9.55 Å². The van der Waals surface area contributed by atoms with Crippen LogP contribution in [0.15, 0.2) is 84.9 Å². The van der Waals surface area contributed by atoms with Crippen LogP contribution in [-0.4, -0.2) is 30.4 Å². The summed E-state index contributed by atoms with van der Waals surface area (Å²) in [5, 5.41) is 2.35. The fourth-order valence-corrected chi connectivity index (χ4v) is 4.43. The monoisotopic (exact) mass is 452 g/mol. The fraction of sp³-hybridized carbons (Fsp3) is 0.207. The van der Waals surface area contributed by atoms with Crippen LogP contribution in [0.3, 0.4) is 0 Å². The number of rotatable bonds is 8. The molecule has 1 aromatic heterocycles. The predicted octanol–water partition coefficient (Wildman–Crippen LogP) is 6.44. The van der Waals surface area contributed by atoms with Crippen molar-refractivity contribution < 1.29 is 14.2 Å². The van der Waals surface area contributed by atoms with E-state index in [9.17, 15) is 0 Å². The molecule has 5 aromatic rings. The lowest BCUT2D eigenvalue weighted by Gasteiger charge is -2.17. The lowest BCUT2D eigenvalue weighted by atomic mass is 9.97. The number of methoxy groups -OCH3 is 2. The van der Waals surface area contributed by atoms with E-state index in [0.29, 0.717) is 13.2 Å². The zero-order valence-electron chi connectivity index (χ0n) is 19.7. The van der Waals surface area contributed by atoms with Crippen LogP contribution in [0, 0.1) is 0 Å². The van der Waals surface area contributed by atoms with Crippen LogP contribution in [0.2, 0.25) is 0 Å². The number of hydrogen-bond acceptors (Lipinski definition) is 4. The number of hydrogen-bond donors (Lipinski definition) is 0. The first-order valence-corrected chi connectivity index (χ1v) is 11.5. The summed E-state index contributed by atoms with van der Waals surface area (Å²) in [4.78, 5) is 5.02. The number of imidazole rings is 1. The normalized spacial score (nSPS) is 12.1. The van der Waals surface area contributed by atoms with Crippen molar-refractivity contribution in [2.24, 2.45) is 0 Å². The van der Waals surface area contributed by atoms with Crippen molar-refractivity contribution in [3.05, 3.63) is 96.3 Å². The van der Waals surface area contributed by atoms with Crippen molar-refractivity contribution in [2.75, 3.05) is 20.8 Å². The Bertz CT molecular complexity index is 1440. The van der Waals surface area contributed by atoms with Gasteiger partial charge in [-0.3, -0.25) is 0 Å². The Balaban J connectivity index is 1.46.